The van der Waals surface area contributed by atoms with Crippen LogP contribution in [0, 0.1) is 19.3 Å². The average molecular weight is 521 g/mol. The second kappa shape index (κ2) is 11.7. The molecule has 9 nitrogen and oxygen atoms in total. The van der Waals surface area contributed by atoms with E-state index in [2.05, 4.69) is 10.6 Å². The Bertz CT molecular complexity index is 1190. The Labute approximate surface area is 223 Å². The van der Waals surface area contributed by atoms with Crippen LogP contribution in [0.15, 0.2) is 48.5 Å². The Morgan fingerprint density at radius 1 is 0.947 bits per heavy atom. The summed E-state index contributed by atoms with van der Waals surface area (Å²) in [5.41, 5.74) is 3.36. The zero-order valence-corrected chi connectivity index (χ0v) is 22.3. The minimum Gasteiger partial charge on any atom is -0.467 e. The van der Waals surface area contributed by atoms with E-state index < -0.39 is 17.9 Å². The van der Waals surface area contributed by atoms with Gasteiger partial charge in [-0.15, -0.1) is 0 Å². The molecular formula is C29H36N4O5. The predicted molar refractivity (Wildman–Crippen MR) is 144 cm³/mol. The van der Waals surface area contributed by atoms with Gasteiger partial charge in [0.05, 0.1) is 13.5 Å². The van der Waals surface area contributed by atoms with Crippen molar-refractivity contribution in [1.82, 2.24) is 15.1 Å². The number of nitrogens with one attached hydrogen (secondary N) is 2. The second-order valence-electron chi connectivity index (χ2n) is 10.4. The number of methoxy groups -OCH3 is 1. The standard InChI is InChI=1S/C29H36N4O5/c1-20-9-10-23(21(2)17-20)31-28(37)32-14-11-29(12-15-32)13-16-33(19-29)25(34)18-24(27(36)38-3)30-26(35)22-7-5-4-6-8-22/h4-10,17,24H,11-16,18-19H2,1-3H3,(H,30,35)(H,31,37). The zero-order valence-electron chi connectivity index (χ0n) is 22.3. The molecule has 0 bridgehead atoms. The maximum Gasteiger partial charge on any atom is 0.328 e. The van der Waals surface area contributed by atoms with Crippen molar-refractivity contribution in [3.63, 3.8) is 0 Å². The van der Waals surface area contributed by atoms with Gasteiger partial charge in [0.25, 0.3) is 5.91 Å². The van der Waals surface area contributed by atoms with Gasteiger partial charge in [-0.1, -0.05) is 35.9 Å². The Hall–Kier alpha value is -3.88. The second-order valence-corrected chi connectivity index (χ2v) is 10.4. The van der Waals surface area contributed by atoms with Crippen LogP contribution in [0.25, 0.3) is 0 Å². The molecule has 4 amide bonds. The van der Waals surface area contributed by atoms with Gasteiger partial charge < -0.3 is 25.2 Å². The summed E-state index contributed by atoms with van der Waals surface area (Å²) in [5, 5.41) is 5.66. The summed E-state index contributed by atoms with van der Waals surface area (Å²) in [6.07, 6.45) is 2.31. The molecule has 1 spiro atoms. The van der Waals surface area contributed by atoms with E-state index in [1.165, 1.54) is 7.11 Å². The number of nitrogens with zero attached hydrogens (tertiary/aromatic N) is 2. The van der Waals surface area contributed by atoms with E-state index >= 15 is 0 Å². The summed E-state index contributed by atoms with van der Waals surface area (Å²) >= 11 is 0. The number of carbonyl (C=O) groups excluding carboxylic acids is 4. The van der Waals surface area contributed by atoms with Crippen LogP contribution in [0.4, 0.5) is 10.5 Å². The molecule has 202 valence electrons. The van der Waals surface area contributed by atoms with Crippen LogP contribution >= 0.6 is 0 Å². The first-order valence-electron chi connectivity index (χ1n) is 13.0. The molecule has 2 aliphatic rings. The van der Waals surface area contributed by atoms with Crippen molar-refractivity contribution in [3.05, 3.63) is 65.2 Å². The number of ether oxygens (including phenoxy) is 1. The molecule has 2 aromatic rings. The van der Waals surface area contributed by atoms with E-state index in [0.717, 1.165) is 36.1 Å². The Morgan fingerprint density at radius 2 is 1.61 bits per heavy atom. The number of amides is 4. The SMILES string of the molecule is COC(=O)C(CC(=O)N1CCC2(CCN(C(=O)Nc3ccc(C)cc3C)CC2)C1)NC(=O)c1ccccc1. The minimum atomic E-state index is -1.06. The molecule has 2 saturated heterocycles. The van der Waals surface area contributed by atoms with Gasteiger partial charge in [-0.05, 0) is 62.3 Å². The number of likely N-dealkylation sites (tertiary alicyclic amines) is 2. The van der Waals surface area contributed by atoms with Crippen molar-refractivity contribution in [3.8, 4) is 0 Å². The van der Waals surface area contributed by atoms with E-state index in [-0.39, 0.29) is 23.8 Å². The highest BCUT2D eigenvalue weighted by molar-refractivity contribution is 5.98. The lowest BCUT2D eigenvalue weighted by Crippen LogP contribution is -2.47. The van der Waals surface area contributed by atoms with Crippen LogP contribution in [0.2, 0.25) is 0 Å². The maximum atomic E-state index is 13.1. The van der Waals surface area contributed by atoms with Gasteiger partial charge in [-0.3, -0.25) is 9.59 Å². The molecule has 2 heterocycles. The van der Waals surface area contributed by atoms with Crippen molar-refractivity contribution in [1.29, 1.82) is 0 Å². The summed E-state index contributed by atoms with van der Waals surface area (Å²) in [4.78, 5) is 54.5. The molecule has 38 heavy (non-hydrogen) atoms. The number of aryl methyl sites for hydroxylation is 2. The molecule has 0 aromatic heterocycles. The van der Waals surface area contributed by atoms with Crippen LogP contribution in [0.1, 0.15) is 47.2 Å². The van der Waals surface area contributed by atoms with Crippen molar-refractivity contribution >= 4 is 29.5 Å². The van der Waals surface area contributed by atoms with Gasteiger partial charge >= 0.3 is 12.0 Å². The van der Waals surface area contributed by atoms with Gasteiger partial charge in [0.2, 0.25) is 5.91 Å². The fourth-order valence-electron chi connectivity index (χ4n) is 5.36. The van der Waals surface area contributed by atoms with E-state index in [1.807, 2.05) is 36.9 Å². The third-order valence-electron chi connectivity index (χ3n) is 7.73. The molecule has 2 aromatic carbocycles. The van der Waals surface area contributed by atoms with Crippen LogP contribution in [0.3, 0.4) is 0 Å². The van der Waals surface area contributed by atoms with Crippen molar-refractivity contribution in [2.75, 3.05) is 38.6 Å². The van der Waals surface area contributed by atoms with E-state index in [9.17, 15) is 19.2 Å². The van der Waals surface area contributed by atoms with Gasteiger partial charge in [-0.25, -0.2) is 9.59 Å². The summed E-state index contributed by atoms with van der Waals surface area (Å²) < 4.78 is 4.84. The lowest BCUT2D eigenvalue weighted by Gasteiger charge is -2.39. The third kappa shape index (κ3) is 6.33. The molecule has 0 saturated carbocycles. The van der Waals surface area contributed by atoms with Crippen LogP contribution in [0.5, 0.6) is 0 Å². The van der Waals surface area contributed by atoms with E-state index in [4.69, 9.17) is 4.74 Å². The lowest BCUT2D eigenvalue weighted by atomic mass is 9.78. The first-order valence-corrected chi connectivity index (χ1v) is 13.0. The number of rotatable bonds is 6. The van der Waals surface area contributed by atoms with Crippen molar-refractivity contribution in [2.24, 2.45) is 5.41 Å². The molecule has 1 atom stereocenters. The zero-order chi connectivity index (χ0) is 27.3. The smallest absolute Gasteiger partial charge is 0.328 e. The van der Waals surface area contributed by atoms with Crippen LogP contribution < -0.4 is 10.6 Å². The van der Waals surface area contributed by atoms with Crippen LogP contribution in [-0.2, 0) is 14.3 Å². The molecule has 2 N–H and O–H groups in total. The molecule has 1 unspecified atom stereocenters. The number of esters is 1. The average Bonchev–Trinajstić information content (AvgIpc) is 3.33. The minimum absolute atomic E-state index is 0.0414. The number of piperidine rings is 1. The highest BCUT2D eigenvalue weighted by atomic mass is 16.5. The fraction of sp³-hybridized carbons (Fsp3) is 0.448. The first-order chi connectivity index (χ1) is 18.2. The van der Waals surface area contributed by atoms with Gasteiger partial charge in [0, 0.05) is 37.4 Å². The van der Waals surface area contributed by atoms with Crippen LogP contribution in [-0.4, -0.2) is 72.9 Å². The number of carbonyl (C=O) groups is 4. The van der Waals surface area contributed by atoms with Gasteiger partial charge in [0.1, 0.15) is 6.04 Å². The molecule has 2 fully saturated rings. The number of hydrogen-bond acceptors (Lipinski definition) is 5. The molecule has 9 heteroatoms. The highest BCUT2D eigenvalue weighted by Crippen LogP contribution is 2.40. The number of anilines is 1. The van der Waals surface area contributed by atoms with E-state index in [0.29, 0.717) is 31.7 Å². The van der Waals surface area contributed by atoms with Crippen molar-refractivity contribution in [2.45, 2.75) is 45.6 Å². The summed E-state index contributed by atoms with van der Waals surface area (Å²) in [6, 6.07) is 13.3. The predicted octanol–water partition coefficient (Wildman–Crippen LogP) is 3.51. The fourth-order valence-corrected chi connectivity index (χ4v) is 5.36. The largest absolute Gasteiger partial charge is 0.467 e. The Kier molecular flexibility index (Phi) is 8.34. The van der Waals surface area contributed by atoms with Gasteiger partial charge in [0.15, 0.2) is 0 Å². The maximum absolute atomic E-state index is 13.1. The Morgan fingerprint density at radius 3 is 2.24 bits per heavy atom. The lowest BCUT2D eigenvalue weighted by molar-refractivity contribution is -0.146. The quantitative estimate of drug-likeness (QED) is 0.567. The summed E-state index contributed by atoms with van der Waals surface area (Å²) in [5.74, 6) is -1.28. The first kappa shape index (κ1) is 27.2. The molecular weight excluding hydrogens is 484 g/mol. The van der Waals surface area contributed by atoms with E-state index in [1.54, 1.807) is 35.2 Å². The monoisotopic (exact) mass is 520 g/mol. The van der Waals surface area contributed by atoms with Gasteiger partial charge in [-0.2, -0.15) is 0 Å². The molecule has 4 rings (SSSR count). The molecule has 0 radical (unpaired) electrons. The number of hydrogen-bond donors (Lipinski definition) is 2. The summed E-state index contributed by atoms with van der Waals surface area (Å²) in [6.45, 7) is 6.42. The Balaban J connectivity index is 1.30. The number of benzene rings is 2. The third-order valence-corrected chi connectivity index (χ3v) is 7.73. The van der Waals surface area contributed by atoms with Crippen molar-refractivity contribution < 1.29 is 23.9 Å². The highest BCUT2D eigenvalue weighted by Gasteiger charge is 2.43. The topological polar surface area (TPSA) is 108 Å². The molecule has 2 aliphatic heterocycles. The normalized spacial score (nSPS) is 17.1. The summed E-state index contributed by atoms with van der Waals surface area (Å²) in [7, 11) is 1.24. The molecule has 0 aliphatic carbocycles. The number of urea groups is 1.